The van der Waals surface area contributed by atoms with Crippen LogP contribution in [0.25, 0.3) is 24.3 Å². The lowest BCUT2D eigenvalue weighted by atomic mass is 9.96. The zero-order valence-corrected chi connectivity index (χ0v) is 30.3. The minimum Gasteiger partial charge on any atom is -0.508 e. The Morgan fingerprint density at radius 3 is 1.25 bits per heavy atom. The molecule has 282 valence electrons. The van der Waals surface area contributed by atoms with Crippen molar-refractivity contribution >= 4 is 59.4 Å². The maximum absolute atomic E-state index is 12.5. The van der Waals surface area contributed by atoms with Gasteiger partial charge in [0.25, 0.3) is 0 Å². The number of methoxy groups -OCH3 is 2. The van der Waals surface area contributed by atoms with Crippen LogP contribution in [0.2, 0.25) is 0 Å². The highest BCUT2D eigenvalue weighted by Gasteiger charge is 2.32. The fourth-order valence-corrected chi connectivity index (χ4v) is 4.83. The highest BCUT2D eigenvalue weighted by atomic mass is 16.5. The molecule has 0 aliphatic carbocycles. The van der Waals surface area contributed by atoms with Crippen molar-refractivity contribution in [3.05, 3.63) is 155 Å². The van der Waals surface area contributed by atoms with Crippen LogP contribution in [0.5, 0.6) is 11.5 Å². The van der Waals surface area contributed by atoms with Gasteiger partial charge in [-0.1, -0.05) is 97.1 Å². The van der Waals surface area contributed by atoms with Crippen molar-refractivity contribution in [1.29, 1.82) is 0 Å². The first-order chi connectivity index (χ1) is 26.4. The van der Waals surface area contributed by atoms with Crippen LogP contribution in [-0.2, 0) is 44.8 Å². The van der Waals surface area contributed by atoms with Gasteiger partial charge in [-0.2, -0.15) is 0 Å². The topological polar surface area (TPSA) is 182 Å². The van der Waals surface area contributed by atoms with E-state index in [9.17, 15) is 44.1 Å². The number of phenolic OH excluding ortho intramolecular Hbond substituents is 1. The molecule has 0 bridgehead atoms. The summed E-state index contributed by atoms with van der Waals surface area (Å²) in [5.74, 6) is -7.71. The summed E-state index contributed by atoms with van der Waals surface area (Å²) in [6.45, 7) is 1.32. The maximum atomic E-state index is 12.5. The van der Waals surface area contributed by atoms with Gasteiger partial charge in [-0.25, -0.2) is 0 Å². The quantitative estimate of drug-likeness (QED) is 0.0750. The van der Waals surface area contributed by atoms with Gasteiger partial charge in [-0.3, -0.25) is 28.8 Å². The number of hydrogen-bond acceptors (Lipinski definition) is 11. The molecule has 0 aliphatic rings. The number of carbonyl (C=O) groups excluding carboxylic acids is 6. The lowest BCUT2D eigenvalue weighted by molar-refractivity contribution is -0.153. The largest absolute Gasteiger partial charge is 0.508 e. The van der Waals surface area contributed by atoms with E-state index in [-0.39, 0.29) is 23.7 Å². The summed E-state index contributed by atoms with van der Waals surface area (Å²) in [5.41, 5.74) is 3.60. The normalized spacial score (nSPS) is 11.7. The summed E-state index contributed by atoms with van der Waals surface area (Å²) in [5, 5.41) is 28.3. The molecule has 1 atom stereocenters. The van der Waals surface area contributed by atoms with E-state index in [1.165, 1.54) is 48.6 Å². The second kappa shape index (κ2) is 21.5. The van der Waals surface area contributed by atoms with Crippen LogP contribution in [0.1, 0.15) is 33.4 Å². The molecular weight excluding hydrogens is 704 g/mol. The molecule has 11 nitrogen and oxygen atoms in total. The lowest BCUT2D eigenvalue weighted by Crippen LogP contribution is -2.30. The van der Waals surface area contributed by atoms with Gasteiger partial charge in [0.15, 0.2) is 35.0 Å². The maximum Gasteiger partial charge on any atom is 0.324 e. The number of phenols is 2. The van der Waals surface area contributed by atoms with Gasteiger partial charge >= 0.3 is 11.9 Å². The third-order valence-corrected chi connectivity index (χ3v) is 7.87. The minimum atomic E-state index is -1.66. The predicted molar refractivity (Wildman–Crippen MR) is 207 cm³/mol. The number of carbonyl (C=O) groups is 6. The number of aryl methyl sites for hydroxylation is 1. The Morgan fingerprint density at radius 1 is 0.527 bits per heavy atom. The SMILES string of the molecule is COC(=O)C(C(=O)/C=C/c1ccc(O)c(C)c1)C(=O)/C=C/c1ccc(O)c(CO)c1.COC(=O)C(C(=O)/C=C/c1ccccc1)C(=O)/C=C/c1ccccc1. The van der Waals surface area contributed by atoms with Crippen LogP contribution in [0.4, 0.5) is 0 Å². The summed E-state index contributed by atoms with van der Waals surface area (Å²) in [7, 11) is 2.23. The summed E-state index contributed by atoms with van der Waals surface area (Å²) < 4.78 is 9.21. The molecule has 0 fully saturated rings. The molecule has 11 heteroatoms. The second-order valence-corrected chi connectivity index (χ2v) is 11.8. The number of ketones is 4. The van der Waals surface area contributed by atoms with Crippen LogP contribution in [-0.4, -0.2) is 64.6 Å². The van der Waals surface area contributed by atoms with Crippen molar-refractivity contribution in [2.75, 3.05) is 14.2 Å². The molecular formula is C44H40O11. The molecule has 4 rings (SSSR count). The van der Waals surface area contributed by atoms with Crippen molar-refractivity contribution in [2.45, 2.75) is 13.5 Å². The van der Waals surface area contributed by atoms with E-state index in [1.54, 1.807) is 31.2 Å². The third kappa shape index (κ3) is 13.2. The van der Waals surface area contributed by atoms with Crippen molar-refractivity contribution in [2.24, 2.45) is 11.8 Å². The fourth-order valence-electron chi connectivity index (χ4n) is 4.83. The molecule has 0 spiro atoms. The van der Waals surface area contributed by atoms with Gasteiger partial charge in [0, 0.05) is 5.56 Å². The number of aliphatic hydroxyl groups is 1. The van der Waals surface area contributed by atoms with E-state index in [0.717, 1.165) is 37.5 Å². The predicted octanol–water partition coefficient (Wildman–Crippen LogP) is 5.89. The Labute approximate surface area is 318 Å². The van der Waals surface area contributed by atoms with Crippen LogP contribution >= 0.6 is 0 Å². The van der Waals surface area contributed by atoms with E-state index < -0.39 is 46.9 Å². The minimum absolute atomic E-state index is 0.0850. The molecule has 0 saturated carbocycles. The zero-order valence-electron chi connectivity index (χ0n) is 30.3. The van der Waals surface area contributed by atoms with Crippen LogP contribution in [0.15, 0.2) is 121 Å². The molecule has 0 aromatic heterocycles. The van der Waals surface area contributed by atoms with E-state index in [1.807, 2.05) is 60.7 Å². The Kier molecular flexibility index (Phi) is 16.6. The van der Waals surface area contributed by atoms with Crippen molar-refractivity contribution in [3.63, 3.8) is 0 Å². The zero-order chi connectivity index (χ0) is 40.3. The summed E-state index contributed by atoms with van der Waals surface area (Å²) in [6, 6.07) is 27.3. The fraction of sp³-hybridized carbons (Fsp3) is 0.136. The number of benzene rings is 4. The van der Waals surface area contributed by atoms with Crippen molar-refractivity contribution < 1.29 is 53.6 Å². The molecule has 4 aromatic rings. The Morgan fingerprint density at radius 2 is 0.891 bits per heavy atom. The summed E-state index contributed by atoms with van der Waals surface area (Å²) >= 11 is 0. The lowest BCUT2D eigenvalue weighted by Gasteiger charge is -2.08. The third-order valence-electron chi connectivity index (χ3n) is 7.87. The molecule has 3 N–H and O–H groups in total. The molecule has 0 heterocycles. The van der Waals surface area contributed by atoms with Crippen LogP contribution in [0.3, 0.4) is 0 Å². The van der Waals surface area contributed by atoms with Gasteiger partial charge in [-0.15, -0.1) is 0 Å². The Balaban J connectivity index is 0.000000300. The standard InChI is InChI=1S/C23H22O7.C21H18O4/c1-14-11-15(3-7-18(14)25)5-9-20(27)22(23(29)30-2)21(28)10-6-16-4-8-19(26)17(12-16)13-24;1-25-21(24)20(18(22)14-12-16-8-4-2-5-9-16)19(23)15-13-17-10-6-3-7-11-17/h3-12,22,24-26H,13H2,1-2H3;2-15,20H,1H3/b9-5+,10-6+;14-12+,15-13+. The number of aromatic hydroxyl groups is 2. The van der Waals surface area contributed by atoms with Crippen LogP contribution in [0, 0.1) is 18.8 Å². The Bertz CT molecular complexity index is 2050. The van der Waals surface area contributed by atoms with E-state index in [2.05, 4.69) is 9.47 Å². The monoisotopic (exact) mass is 744 g/mol. The Hall–Kier alpha value is -6.98. The van der Waals surface area contributed by atoms with Crippen LogP contribution < -0.4 is 0 Å². The number of hydrogen-bond donors (Lipinski definition) is 3. The number of ether oxygens (including phenoxy) is 2. The number of esters is 2. The highest BCUT2D eigenvalue weighted by Crippen LogP contribution is 2.21. The van der Waals surface area contributed by atoms with Gasteiger partial charge in [-0.05, 0) is 83.3 Å². The van der Waals surface area contributed by atoms with Gasteiger partial charge in [0.1, 0.15) is 11.5 Å². The summed E-state index contributed by atoms with van der Waals surface area (Å²) in [4.78, 5) is 73.6. The number of aliphatic hydroxyl groups excluding tert-OH is 1. The summed E-state index contributed by atoms with van der Waals surface area (Å²) in [6.07, 6.45) is 10.6. The first-order valence-electron chi connectivity index (χ1n) is 16.7. The molecule has 0 radical (unpaired) electrons. The van der Waals surface area contributed by atoms with E-state index in [4.69, 9.17) is 0 Å². The van der Waals surface area contributed by atoms with Gasteiger partial charge < -0.3 is 24.8 Å². The van der Waals surface area contributed by atoms with Crippen molar-refractivity contribution in [3.8, 4) is 11.5 Å². The molecule has 0 aliphatic heterocycles. The molecule has 55 heavy (non-hydrogen) atoms. The smallest absolute Gasteiger partial charge is 0.324 e. The average Bonchev–Trinajstić information content (AvgIpc) is 3.20. The van der Waals surface area contributed by atoms with Gasteiger partial charge in [0.2, 0.25) is 0 Å². The first-order valence-corrected chi connectivity index (χ1v) is 16.7. The van der Waals surface area contributed by atoms with E-state index in [0.29, 0.717) is 16.7 Å². The molecule has 4 aromatic carbocycles. The molecule has 1 unspecified atom stereocenters. The average molecular weight is 745 g/mol. The number of rotatable bonds is 15. The highest BCUT2D eigenvalue weighted by molar-refractivity contribution is 6.25. The van der Waals surface area contributed by atoms with Crippen molar-refractivity contribution in [1.82, 2.24) is 0 Å². The van der Waals surface area contributed by atoms with Gasteiger partial charge in [0.05, 0.1) is 20.8 Å². The molecule has 0 amide bonds. The first kappa shape index (κ1) is 42.4. The molecule has 0 saturated heterocycles. The second-order valence-electron chi connectivity index (χ2n) is 11.8. The number of allylic oxidation sites excluding steroid dienone is 4. The van der Waals surface area contributed by atoms with E-state index >= 15 is 0 Å².